The van der Waals surface area contributed by atoms with Crippen LogP contribution in [0.25, 0.3) is 0 Å². The molecule has 0 aliphatic heterocycles. The van der Waals surface area contributed by atoms with Gasteiger partial charge in [0.2, 0.25) is 0 Å². The van der Waals surface area contributed by atoms with Crippen LogP contribution < -0.4 is 9.57 Å². The summed E-state index contributed by atoms with van der Waals surface area (Å²) in [5.74, 6) is 0.714. The average Bonchev–Trinajstić information content (AvgIpc) is 2.46. The van der Waals surface area contributed by atoms with Gasteiger partial charge in [-0.05, 0) is 57.0 Å². The Balaban J connectivity index is 2.13. The molecule has 0 unspecified atom stereocenters. The number of hydrazone groups is 1. The van der Waals surface area contributed by atoms with E-state index in [0.29, 0.717) is 11.3 Å². The van der Waals surface area contributed by atoms with E-state index in [9.17, 15) is 8.42 Å². The molecule has 0 fully saturated rings. The third kappa shape index (κ3) is 4.83. The first kappa shape index (κ1) is 18.0. The van der Waals surface area contributed by atoms with Crippen molar-refractivity contribution in [1.29, 1.82) is 0 Å². The van der Waals surface area contributed by atoms with Crippen molar-refractivity contribution < 1.29 is 13.2 Å². The van der Waals surface area contributed by atoms with Gasteiger partial charge in [-0.2, -0.15) is 13.5 Å². The van der Waals surface area contributed by atoms with Crippen molar-refractivity contribution >= 4 is 16.2 Å². The van der Waals surface area contributed by atoms with E-state index in [-0.39, 0.29) is 11.0 Å². The predicted octanol–water partition coefficient (Wildman–Crippen LogP) is 3.40. The van der Waals surface area contributed by atoms with Crippen molar-refractivity contribution in [2.24, 2.45) is 5.10 Å². The highest BCUT2D eigenvalue weighted by Gasteiger charge is 2.15. The Kier molecular flexibility index (Phi) is 5.62. The Bertz CT molecular complexity index is 843. The topological polar surface area (TPSA) is 67.8 Å². The van der Waals surface area contributed by atoms with Crippen LogP contribution in [0, 0.1) is 13.8 Å². The second kappa shape index (κ2) is 7.49. The van der Waals surface area contributed by atoms with Gasteiger partial charge in [0.15, 0.2) is 0 Å². The molecular formula is C18H22N2O3S. The highest BCUT2D eigenvalue weighted by Crippen LogP contribution is 2.16. The lowest BCUT2D eigenvalue weighted by atomic mass is 10.2. The van der Waals surface area contributed by atoms with Gasteiger partial charge in [-0.1, -0.05) is 29.8 Å². The van der Waals surface area contributed by atoms with E-state index in [2.05, 4.69) is 9.93 Å². The zero-order valence-corrected chi connectivity index (χ0v) is 15.1. The normalized spacial score (nSPS) is 11.9. The molecule has 0 aliphatic carbocycles. The summed E-state index contributed by atoms with van der Waals surface area (Å²) in [5.41, 5.74) is 2.44. The van der Waals surface area contributed by atoms with Gasteiger partial charge < -0.3 is 4.74 Å². The fraction of sp³-hybridized carbons (Fsp3) is 0.278. The van der Waals surface area contributed by atoms with Crippen molar-refractivity contribution in [2.75, 3.05) is 0 Å². The predicted molar refractivity (Wildman–Crippen MR) is 96.0 cm³/mol. The first-order valence-electron chi connectivity index (χ1n) is 7.67. The van der Waals surface area contributed by atoms with Crippen molar-refractivity contribution in [3.63, 3.8) is 0 Å². The zero-order chi connectivity index (χ0) is 17.7. The van der Waals surface area contributed by atoms with Gasteiger partial charge in [0.1, 0.15) is 5.75 Å². The number of rotatable bonds is 6. The first-order valence-corrected chi connectivity index (χ1v) is 9.15. The van der Waals surface area contributed by atoms with E-state index in [1.54, 1.807) is 25.1 Å². The monoisotopic (exact) mass is 346 g/mol. The summed E-state index contributed by atoms with van der Waals surface area (Å²) in [6, 6.07) is 12.5. The number of nitrogens with one attached hydrogen (secondary N) is 1. The van der Waals surface area contributed by atoms with Gasteiger partial charge in [-0.3, -0.25) is 0 Å². The van der Waals surface area contributed by atoms with Crippen molar-refractivity contribution in [2.45, 2.75) is 38.7 Å². The number of sulfonamides is 1. The smallest absolute Gasteiger partial charge is 0.276 e. The van der Waals surface area contributed by atoms with Crippen molar-refractivity contribution in [1.82, 2.24) is 4.83 Å². The van der Waals surface area contributed by atoms with Crippen LogP contribution in [0.3, 0.4) is 0 Å². The second-order valence-corrected chi connectivity index (χ2v) is 7.49. The molecule has 0 saturated carbocycles. The van der Waals surface area contributed by atoms with Crippen LogP contribution in [0.5, 0.6) is 5.75 Å². The molecule has 0 saturated heterocycles. The molecule has 1 N–H and O–H groups in total. The molecule has 2 aromatic rings. The third-order valence-electron chi connectivity index (χ3n) is 3.24. The zero-order valence-electron chi connectivity index (χ0n) is 14.3. The molecule has 0 aromatic heterocycles. The Labute approximate surface area is 143 Å². The largest absolute Gasteiger partial charge is 0.491 e. The number of aryl methyl sites for hydroxylation is 2. The lowest BCUT2D eigenvalue weighted by Crippen LogP contribution is -2.19. The Hall–Kier alpha value is -2.34. The van der Waals surface area contributed by atoms with Crippen LogP contribution in [-0.2, 0) is 10.0 Å². The number of nitrogens with zero attached hydrogens (tertiary/aromatic N) is 1. The van der Waals surface area contributed by atoms with Crippen LogP contribution >= 0.6 is 0 Å². The molecule has 0 radical (unpaired) electrons. The fourth-order valence-corrected chi connectivity index (χ4v) is 3.28. The third-order valence-corrected chi connectivity index (χ3v) is 4.62. The van der Waals surface area contributed by atoms with Crippen LogP contribution in [0.15, 0.2) is 52.5 Å². The molecule has 0 bridgehead atoms. The minimum Gasteiger partial charge on any atom is -0.491 e. The molecule has 0 aliphatic rings. The van der Waals surface area contributed by atoms with Gasteiger partial charge in [-0.15, -0.1) is 0 Å². The molecule has 0 spiro atoms. The van der Waals surface area contributed by atoms with Gasteiger partial charge >= 0.3 is 0 Å². The molecule has 2 aromatic carbocycles. The summed E-state index contributed by atoms with van der Waals surface area (Å²) < 4.78 is 30.2. The molecular weight excluding hydrogens is 324 g/mol. The number of ether oxygens (including phenoxy) is 1. The molecule has 5 nitrogen and oxygen atoms in total. The summed E-state index contributed by atoms with van der Waals surface area (Å²) in [6.07, 6.45) is 1.52. The maximum atomic E-state index is 12.3. The SMILES string of the molecule is Cc1ccc(S(=O)(=O)N/N=C/c2cccc(OC(C)C)c2)c(C)c1. The standard InChI is InChI=1S/C18H22N2O3S/c1-13(2)23-17-7-5-6-16(11-17)12-19-20-24(21,22)18-9-8-14(3)10-15(18)4/h5-13,20H,1-4H3/b19-12+. The highest BCUT2D eigenvalue weighted by atomic mass is 32.2. The van der Waals surface area contributed by atoms with Crippen LogP contribution in [0.1, 0.15) is 30.5 Å². The lowest BCUT2D eigenvalue weighted by molar-refractivity contribution is 0.242. The quantitative estimate of drug-likeness (QED) is 0.644. The Morgan fingerprint density at radius 2 is 1.88 bits per heavy atom. The Morgan fingerprint density at radius 3 is 2.54 bits per heavy atom. The number of hydrogen-bond donors (Lipinski definition) is 1. The molecule has 2 rings (SSSR count). The number of hydrogen-bond acceptors (Lipinski definition) is 4. The molecule has 0 atom stereocenters. The van der Waals surface area contributed by atoms with Gasteiger partial charge in [0.05, 0.1) is 17.2 Å². The summed E-state index contributed by atoms with van der Waals surface area (Å²) in [4.78, 5) is 2.47. The first-order chi connectivity index (χ1) is 11.3. The van der Waals surface area contributed by atoms with E-state index in [1.807, 2.05) is 45.0 Å². The van der Waals surface area contributed by atoms with Crippen LogP contribution in [-0.4, -0.2) is 20.7 Å². The summed E-state index contributed by atoms with van der Waals surface area (Å²) in [5, 5.41) is 3.85. The van der Waals surface area contributed by atoms with Crippen LogP contribution in [0.4, 0.5) is 0 Å². The van der Waals surface area contributed by atoms with Crippen molar-refractivity contribution in [3.05, 3.63) is 59.2 Å². The van der Waals surface area contributed by atoms with E-state index in [0.717, 1.165) is 11.1 Å². The Morgan fingerprint density at radius 1 is 1.12 bits per heavy atom. The van der Waals surface area contributed by atoms with Gasteiger partial charge in [-0.25, -0.2) is 4.83 Å². The van der Waals surface area contributed by atoms with E-state index < -0.39 is 10.0 Å². The van der Waals surface area contributed by atoms with E-state index in [1.165, 1.54) is 6.21 Å². The lowest BCUT2D eigenvalue weighted by Gasteiger charge is -2.09. The minimum atomic E-state index is -3.69. The average molecular weight is 346 g/mol. The molecule has 0 heterocycles. The van der Waals surface area contributed by atoms with Crippen LogP contribution in [0.2, 0.25) is 0 Å². The number of benzene rings is 2. The highest BCUT2D eigenvalue weighted by molar-refractivity contribution is 7.89. The van der Waals surface area contributed by atoms with Gasteiger partial charge in [0.25, 0.3) is 10.0 Å². The maximum absolute atomic E-state index is 12.3. The van der Waals surface area contributed by atoms with Crippen molar-refractivity contribution in [3.8, 4) is 5.75 Å². The molecule has 6 heteroatoms. The maximum Gasteiger partial charge on any atom is 0.276 e. The molecule has 0 amide bonds. The molecule has 24 heavy (non-hydrogen) atoms. The van der Waals surface area contributed by atoms with E-state index >= 15 is 0 Å². The summed E-state index contributed by atoms with van der Waals surface area (Å²) in [7, 11) is -3.69. The summed E-state index contributed by atoms with van der Waals surface area (Å²) in [6.45, 7) is 7.57. The second-order valence-electron chi connectivity index (χ2n) is 5.86. The molecule has 128 valence electrons. The fourth-order valence-electron chi connectivity index (χ4n) is 2.26. The van der Waals surface area contributed by atoms with Gasteiger partial charge in [0, 0.05) is 0 Å². The summed E-state index contributed by atoms with van der Waals surface area (Å²) >= 11 is 0. The minimum absolute atomic E-state index is 0.0696. The van der Waals surface area contributed by atoms with E-state index in [4.69, 9.17) is 4.74 Å².